The summed E-state index contributed by atoms with van der Waals surface area (Å²) >= 11 is 0. The Bertz CT molecular complexity index is 474. The van der Waals surface area contributed by atoms with E-state index in [0.717, 1.165) is 6.54 Å². The number of aryl methyl sites for hydroxylation is 1. The van der Waals surface area contributed by atoms with Crippen molar-refractivity contribution in [2.75, 3.05) is 0 Å². The molecule has 2 rings (SSSR count). The molecule has 0 atom stereocenters. The van der Waals surface area contributed by atoms with Crippen molar-refractivity contribution in [3.63, 3.8) is 0 Å². The smallest absolute Gasteiger partial charge is 0.169 e. The summed E-state index contributed by atoms with van der Waals surface area (Å²) in [7, 11) is 0. The second-order valence-electron chi connectivity index (χ2n) is 5.03. The van der Waals surface area contributed by atoms with Crippen LogP contribution in [0.3, 0.4) is 0 Å². The molecule has 1 N–H and O–H groups in total. The highest BCUT2D eigenvalue weighted by Gasteiger charge is 2.03. The molecule has 0 radical (unpaired) electrons. The Morgan fingerprint density at radius 1 is 0.857 bits per heavy atom. The first-order chi connectivity index (χ1) is 9.40. The highest BCUT2D eigenvalue weighted by atomic mass is 79.9. The largest absolute Gasteiger partial charge is 1.00 e. The Labute approximate surface area is 144 Å². The van der Waals surface area contributed by atoms with Crippen LogP contribution in [0.5, 0.6) is 0 Å². The van der Waals surface area contributed by atoms with Crippen LogP contribution in [0.4, 0.5) is 0 Å². The predicted molar refractivity (Wildman–Crippen MR) is 77.4 cm³/mol. The molecule has 0 amide bonds. The first-order valence-electron chi connectivity index (χ1n) is 7.36. The van der Waals surface area contributed by atoms with E-state index in [1.54, 1.807) is 0 Å². The van der Waals surface area contributed by atoms with Gasteiger partial charge in [0.2, 0.25) is 0 Å². The summed E-state index contributed by atoms with van der Waals surface area (Å²) in [5.41, 5.74) is 2.53. The molecule has 0 aliphatic heterocycles. The monoisotopic (exact) mass is 370 g/mol. The number of aromatic nitrogens is 2. The topological polar surface area (TPSA) is 18.0 Å². The van der Waals surface area contributed by atoms with Crippen molar-refractivity contribution >= 4 is 0 Å². The van der Waals surface area contributed by atoms with Crippen LogP contribution in [0.2, 0.25) is 0 Å². The van der Waals surface area contributed by atoms with Crippen molar-refractivity contribution < 1.29 is 38.9 Å². The number of nitrogens with one attached hydrogen (secondary N) is 1. The Morgan fingerprint density at radius 3 is 2.05 bits per heavy atom. The summed E-state index contributed by atoms with van der Waals surface area (Å²) in [6.07, 6.45) is 15.0. The fraction of sp³-hybridized carbons (Fsp3) is 0.412. The van der Waals surface area contributed by atoms with Gasteiger partial charge in [0.1, 0.15) is 6.54 Å². The Balaban J connectivity index is 0.00000200. The SMILES string of the molecule is CCCCCCC[n+]1ccc(-c2cc[nH+]cc2)cc1.[Br-].[Cl-]. The van der Waals surface area contributed by atoms with E-state index in [1.165, 1.54) is 43.2 Å². The summed E-state index contributed by atoms with van der Waals surface area (Å²) in [5.74, 6) is 0. The summed E-state index contributed by atoms with van der Waals surface area (Å²) in [5, 5.41) is 0. The number of rotatable bonds is 7. The summed E-state index contributed by atoms with van der Waals surface area (Å²) < 4.78 is 2.28. The summed E-state index contributed by atoms with van der Waals surface area (Å²) in [6.45, 7) is 3.39. The van der Waals surface area contributed by atoms with Gasteiger partial charge in [0.05, 0.1) is 0 Å². The molecule has 0 unspecified atom stereocenters. The minimum atomic E-state index is 0. The minimum Gasteiger partial charge on any atom is -1.00 e. The lowest BCUT2D eigenvalue weighted by molar-refractivity contribution is -0.697. The van der Waals surface area contributed by atoms with Gasteiger partial charge in [-0.3, -0.25) is 0 Å². The zero-order valence-electron chi connectivity index (χ0n) is 12.6. The quantitative estimate of drug-likeness (QED) is 0.376. The molecule has 0 saturated carbocycles. The zero-order valence-corrected chi connectivity index (χ0v) is 14.9. The molecule has 2 nitrogen and oxygen atoms in total. The highest BCUT2D eigenvalue weighted by molar-refractivity contribution is 5.60. The van der Waals surface area contributed by atoms with Gasteiger partial charge in [0.15, 0.2) is 24.8 Å². The lowest BCUT2D eigenvalue weighted by Crippen LogP contribution is -3.00. The lowest BCUT2D eigenvalue weighted by atomic mass is 10.1. The van der Waals surface area contributed by atoms with Gasteiger partial charge in [-0.15, -0.1) is 0 Å². The van der Waals surface area contributed by atoms with Gasteiger partial charge in [-0.05, 0) is 17.5 Å². The highest BCUT2D eigenvalue weighted by Crippen LogP contribution is 2.15. The molecule has 2 aromatic rings. The van der Waals surface area contributed by atoms with E-state index in [1.807, 2.05) is 12.4 Å². The number of H-pyrrole nitrogens is 1. The predicted octanol–water partition coefficient (Wildman–Crippen LogP) is -2.57. The number of aromatic amines is 1. The maximum absolute atomic E-state index is 3.05. The van der Waals surface area contributed by atoms with Crippen LogP contribution in [0, 0.1) is 0 Å². The molecule has 0 spiro atoms. The van der Waals surface area contributed by atoms with Gasteiger partial charge in [-0.1, -0.05) is 26.2 Å². The Hall–Kier alpha value is -0.930. The maximum atomic E-state index is 3.05. The van der Waals surface area contributed by atoms with E-state index in [9.17, 15) is 0 Å². The fourth-order valence-electron chi connectivity index (χ4n) is 2.28. The maximum Gasteiger partial charge on any atom is 0.169 e. The van der Waals surface area contributed by atoms with E-state index in [0.29, 0.717) is 0 Å². The van der Waals surface area contributed by atoms with E-state index >= 15 is 0 Å². The van der Waals surface area contributed by atoms with Gasteiger partial charge in [0, 0.05) is 30.7 Å². The molecule has 0 aromatic carbocycles. The minimum absolute atomic E-state index is 0. The van der Waals surface area contributed by atoms with Crippen LogP contribution in [0.25, 0.3) is 11.1 Å². The molecule has 0 saturated heterocycles. The van der Waals surface area contributed by atoms with Gasteiger partial charge < -0.3 is 29.4 Å². The number of pyridine rings is 2. The van der Waals surface area contributed by atoms with Gasteiger partial charge in [-0.2, -0.15) is 0 Å². The fourth-order valence-corrected chi connectivity index (χ4v) is 2.28. The third-order valence-corrected chi connectivity index (χ3v) is 3.46. The number of nitrogens with zero attached hydrogens (tertiary/aromatic N) is 1. The van der Waals surface area contributed by atoms with Gasteiger partial charge >= 0.3 is 0 Å². The van der Waals surface area contributed by atoms with Crippen molar-refractivity contribution in [1.29, 1.82) is 0 Å². The van der Waals surface area contributed by atoms with Crippen molar-refractivity contribution in [1.82, 2.24) is 0 Å². The second kappa shape index (κ2) is 11.7. The number of unbranched alkanes of at least 4 members (excludes halogenated alkanes) is 4. The van der Waals surface area contributed by atoms with Crippen LogP contribution >= 0.6 is 0 Å². The molecule has 0 bridgehead atoms. The number of hydrogen-bond acceptors (Lipinski definition) is 0. The molecular weight excluding hydrogens is 348 g/mol. The van der Waals surface area contributed by atoms with Crippen molar-refractivity contribution in [2.45, 2.75) is 45.6 Å². The van der Waals surface area contributed by atoms with Crippen LogP contribution in [0.1, 0.15) is 39.0 Å². The van der Waals surface area contributed by atoms with E-state index in [4.69, 9.17) is 0 Å². The summed E-state index contributed by atoms with van der Waals surface area (Å²) in [4.78, 5) is 3.05. The molecule has 0 aliphatic carbocycles. The van der Waals surface area contributed by atoms with E-state index < -0.39 is 0 Å². The van der Waals surface area contributed by atoms with E-state index in [-0.39, 0.29) is 29.4 Å². The molecule has 4 heteroatoms. The number of halogens is 2. The molecular formula is C17H24BrClN2. The second-order valence-corrected chi connectivity index (χ2v) is 5.03. The first kappa shape index (κ1) is 20.1. The Morgan fingerprint density at radius 2 is 1.43 bits per heavy atom. The lowest BCUT2D eigenvalue weighted by Gasteiger charge is -2.00. The average molecular weight is 372 g/mol. The molecule has 116 valence electrons. The standard InChI is InChI=1S/C17H23N2.BrH.ClH/c1-2-3-4-5-6-13-19-14-9-17(10-15-19)16-7-11-18-12-8-16;;/h7-12,14-15H,2-6,13H2,1H3;2*1H/q+1;;/p-1. The van der Waals surface area contributed by atoms with Crippen molar-refractivity contribution in [3.8, 4) is 11.1 Å². The van der Waals surface area contributed by atoms with Crippen LogP contribution in [0.15, 0.2) is 49.1 Å². The van der Waals surface area contributed by atoms with E-state index in [2.05, 4.69) is 53.1 Å². The van der Waals surface area contributed by atoms with Gasteiger partial charge in [0.25, 0.3) is 0 Å². The molecule has 21 heavy (non-hydrogen) atoms. The van der Waals surface area contributed by atoms with Crippen molar-refractivity contribution in [2.24, 2.45) is 0 Å². The zero-order chi connectivity index (χ0) is 13.3. The summed E-state index contributed by atoms with van der Waals surface area (Å²) in [6, 6.07) is 8.59. The van der Waals surface area contributed by atoms with Gasteiger partial charge in [-0.25, -0.2) is 9.55 Å². The van der Waals surface area contributed by atoms with Crippen LogP contribution in [-0.4, -0.2) is 0 Å². The van der Waals surface area contributed by atoms with Crippen LogP contribution < -0.4 is 38.9 Å². The molecule has 2 aromatic heterocycles. The molecule has 0 aliphatic rings. The number of hydrogen-bond donors (Lipinski definition) is 0. The molecule has 0 fully saturated rings. The normalized spacial score (nSPS) is 9.57. The third kappa shape index (κ3) is 7.05. The molecule has 2 heterocycles. The Kier molecular flexibility index (Phi) is 11.2. The third-order valence-electron chi connectivity index (χ3n) is 3.46. The van der Waals surface area contributed by atoms with Crippen LogP contribution in [-0.2, 0) is 6.54 Å². The average Bonchev–Trinajstić information content (AvgIpc) is 2.49. The van der Waals surface area contributed by atoms with Crippen molar-refractivity contribution in [3.05, 3.63) is 49.1 Å². The first-order valence-corrected chi connectivity index (χ1v) is 7.36.